The van der Waals surface area contributed by atoms with Gasteiger partial charge >= 0.3 is 5.97 Å². The van der Waals surface area contributed by atoms with Crippen LogP contribution >= 0.6 is 0 Å². The summed E-state index contributed by atoms with van der Waals surface area (Å²) in [5.74, 6) is -0.777. The third-order valence-electron chi connectivity index (χ3n) is 5.78. The average Bonchev–Trinajstić information content (AvgIpc) is 2.96. The maximum Gasteiger partial charge on any atom is 0.332 e. The van der Waals surface area contributed by atoms with Gasteiger partial charge in [-0.1, -0.05) is 54.6 Å². The zero-order valence-corrected chi connectivity index (χ0v) is 20.6. The SMILES string of the molecule is CO/C(=C\C(=O)O)c1ccc(/C=C/c2ccc(N(c3ccc(C#N)cc3)c3cccc(C#N)c3)cc2)cc1. The minimum absolute atomic E-state index is 0.288. The van der Waals surface area contributed by atoms with Crippen LogP contribution in [0.25, 0.3) is 17.9 Å². The quantitative estimate of drug-likeness (QED) is 0.158. The predicted molar refractivity (Wildman–Crippen MR) is 149 cm³/mol. The monoisotopic (exact) mass is 497 g/mol. The lowest BCUT2D eigenvalue weighted by Gasteiger charge is -2.25. The van der Waals surface area contributed by atoms with E-state index in [-0.39, 0.29) is 5.76 Å². The number of carboxylic acids is 1. The van der Waals surface area contributed by atoms with Crippen LogP contribution in [0.5, 0.6) is 0 Å². The Labute approximate surface area is 221 Å². The molecule has 0 radical (unpaired) electrons. The van der Waals surface area contributed by atoms with Crippen LogP contribution in [-0.4, -0.2) is 18.2 Å². The van der Waals surface area contributed by atoms with Crippen LogP contribution in [0.1, 0.15) is 27.8 Å². The second-order valence-electron chi connectivity index (χ2n) is 8.25. The molecule has 0 aliphatic carbocycles. The Morgan fingerprint density at radius 3 is 1.84 bits per heavy atom. The molecule has 184 valence electrons. The van der Waals surface area contributed by atoms with E-state index in [1.54, 1.807) is 18.2 Å². The minimum atomic E-state index is -1.07. The molecule has 0 saturated heterocycles. The molecule has 0 aliphatic rings. The summed E-state index contributed by atoms with van der Waals surface area (Å²) in [4.78, 5) is 13.0. The summed E-state index contributed by atoms with van der Waals surface area (Å²) < 4.78 is 5.16. The third-order valence-corrected chi connectivity index (χ3v) is 5.78. The zero-order valence-electron chi connectivity index (χ0n) is 20.6. The van der Waals surface area contributed by atoms with Gasteiger partial charge in [-0.05, 0) is 65.7 Å². The number of ether oxygens (including phenoxy) is 1. The van der Waals surface area contributed by atoms with Crippen molar-refractivity contribution in [2.24, 2.45) is 0 Å². The number of hydrogen-bond acceptors (Lipinski definition) is 5. The first-order valence-corrected chi connectivity index (χ1v) is 11.7. The van der Waals surface area contributed by atoms with Crippen LogP contribution in [0.4, 0.5) is 17.1 Å². The molecule has 0 bridgehead atoms. The van der Waals surface area contributed by atoms with E-state index in [4.69, 9.17) is 9.84 Å². The van der Waals surface area contributed by atoms with Crippen LogP contribution in [0.2, 0.25) is 0 Å². The van der Waals surface area contributed by atoms with Crippen molar-refractivity contribution in [2.75, 3.05) is 12.0 Å². The molecule has 38 heavy (non-hydrogen) atoms. The topological polar surface area (TPSA) is 97.3 Å². The van der Waals surface area contributed by atoms with E-state index in [0.29, 0.717) is 16.7 Å². The first-order valence-electron chi connectivity index (χ1n) is 11.7. The minimum Gasteiger partial charge on any atom is -0.496 e. The number of methoxy groups -OCH3 is 1. The molecule has 0 spiro atoms. The van der Waals surface area contributed by atoms with E-state index in [1.165, 1.54) is 7.11 Å². The number of hydrogen-bond donors (Lipinski definition) is 1. The molecule has 0 fully saturated rings. The Balaban J connectivity index is 1.59. The lowest BCUT2D eigenvalue weighted by molar-refractivity contribution is -0.131. The zero-order chi connectivity index (χ0) is 26.9. The molecular formula is C32H23N3O3. The van der Waals surface area contributed by atoms with Crippen LogP contribution in [-0.2, 0) is 9.53 Å². The summed E-state index contributed by atoms with van der Waals surface area (Å²) in [6, 6.07) is 34.4. The fourth-order valence-electron chi connectivity index (χ4n) is 3.90. The Hall–Kier alpha value is -5.59. The fraction of sp³-hybridized carbons (Fsp3) is 0.0312. The molecule has 4 aromatic rings. The van der Waals surface area contributed by atoms with E-state index in [1.807, 2.05) is 95.9 Å². The predicted octanol–water partition coefficient (Wildman–Crippen LogP) is 7.14. The summed E-state index contributed by atoms with van der Waals surface area (Å²) >= 11 is 0. The smallest absolute Gasteiger partial charge is 0.332 e. The molecule has 0 atom stereocenters. The summed E-state index contributed by atoms with van der Waals surface area (Å²) in [6.45, 7) is 0. The molecular weight excluding hydrogens is 474 g/mol. The van der Waals surface area contributed by atoms with Crippen molar-refractivity contribution in [2.45, 2.75) is 0 Å². The summed E-state index contributed by atoms with van der Waals surface area (Å²) in [6.07, 6.45) is 5.00. The lowest BCUT2D eigenvalue weighted by Crippen LogP contribution is -2.10. The maximum absolute atomic E-state index is 11.0. The van der Waals surface area contributed by atoms with Crippen molar-refractivity contribution >= 4 is 40.9 Å². The second-order valence-corrected chi connectivity index (χ2v) is 8.25. The molecule has 1 N–H and O–H groups in total. The van der Waals surface area contributed by atoms with Crippen LogP contribution < -0.4 is 4.90 Å². The van der Waals surface area contributed by atoms with Crippen molar-refractivity contribution in [3.8, 4) is 12.1 Å². The van der Waals surface area contributed by atoms with Crippen molar-refractivity contribution < 1.29 is 14.6 Å². The van der Waals surface area contributed by atoms with Gasteiger partial charge in [-0.2, -0.15) is 10.5 Å². The number of aliphatic carboxylic acids is 1. The molecule has 0 amide bonds. The molecule has 0 aromatic heterocycles. The molecule has 0 aliphatic heterocycles. The average molecular weight is 498 g/mol. The number of anilines is 3. The van der Waals surface area contributed by atoms with Crippen molar-refractivity contribution in [1.29, 1.82) is 10.5 Å². The van der Waals surface area contributed by atoms with Crippen molar-refractivity contribution in [3.63, 3.8) is 0 Å². The number of rotatable bonds is 8. The normalized spacial score (nSPS) is 11.0. The van der Waals surface area contributed by atoms with Gasteiger partial charge in [0.2, 0.25) is 0 Å². The molecule has 6 nitrogen and oxygen atoms in total. The highest BCUT2D eigenvalue weighted by Crippen LogP contribution is 2.35. The van der Waals surface area contributed by atoms with Crippen molar-refractivity contribution in [1.82, 2.24) is 0 Å². The van der Waals surface area contributed by atoms with Crippen LogP contribution in [0.15, 0.2) is 103 Å². The Morgan fingerprint density at radius 1 is 0.763 bits per heavy atom. The summed E-state index contributed by atoms with van der Waals surface area (Å²) in [5.41, 5.74) is 6.37. The van der Waals surface area contributed by atoms with Crippen LogP contribution in [0.3, 0.4) is 0 Å². The number of nitriles is 2. The molecule has 4 aromatic carbocycles. The largest absolute Gasteiger partial charge is 0.496 e. The second kappa shape index (κ2) is 11.9. The molecule has 6 heteroatoms. The first kappa shape index (κ1) is 25.5. The van der Waals surface area contributed by atoms with Gasteiger partial charge < -0.3 is 14.7 Å². The van der Waals surface area contributed by atoms with Gasteiger partial charge in [0, 0.05) is 22.6 Å². The Kier molecular flexibility index (Phi) is 7.98. The van der Waals surface area contributed by atoms with Crippen LogP contribution in [0, 0.1) is 22.7 Å². The van der Waals surface area contributed by atoms with E-state index in [9.17, 15) is 15.3 Å². The Morgan fingerprint density at radius 2 is 1.32 bits per heavy atom. The number of nitrogens with zero attached hydrogens (tertiary/aromatic N) is 3. The summed E-state index contributed by atoms with van der Waals surface area (Å²) in [7, 11) is 1.44. The van der Waals surface area contributed by atoms with Gasteiger partial charge in [0.25, 0.3) is 0 Å². The van der Waals surface area contributed by atoms with Gasteiger partial charge in [0.15, 0.2) is 0 Å². The molecule has 0 unspecified atom stereocenters. The van der Waals surface area contributed by atoms with Gasteiger partial charge in [0.05, 0.1) is 36.5 Å². The fourth-order valence-corrected chi connectivity index (χ4v) is 3.90. The highest BCUT2D eigenvalue weighted by Gasteiger charge is 2.13. The number of benzene rings is 4. The highest BCUT2D eigenvalue weighted by atomic mass is 16.5. The molecule has 0 heterocycles. The molecule has 0 saturated carbocycles. The maximum atomic E-state index is 11.0. The highest BCUT2D eigenvalue weighted by molar-refractivity contribution is 5.88. The van der Waals surface area contributed by atoms with E-state index < -0.39 is 5.97 Å². The first-order chi connectivity index (χ1) is 18.5. The third kappa shape index (κ3) is 6.15. The van der Waals surface area contributed by atoms with Crippen molar-refractivity contribution in [3.05, 3.63) is 131 Å². The standard InChI is InChI=1S/C32H23N3O3/c1-38-31(20-32(36)37)27-13-7-23(8-14-27)5-6-24-9-15-28(16-10-24)35(29-17-11-25(21-33)12-18-29)30-4-2-3-26(19-30)22-34/h2-20H,1H3,(H,36,37)/b6-5+,31-20-. The molecule has 4 rings (SSSR count). The van der Waals surface area contributed by atoms with Gasteiger partial charge in [-0.3, -0.25) is 0 Å². The number of carbonyl (C=O) groups is 1. The van der Waals surface area contributed by atoms with E-state index >= 15 is 0 Å². The lowest BCUT2D eigenvalue weighted by atomic mass is 10.1. The van der Waals surface area contributed by atoms with E-state index in [2.05, 4.69) is 12.1 Å². The van der Waals surface area contributed by atoms with Gasteiger partial charge in [-0.25, -0.2) is 4.79 Å². The summed E-state index contributed by atoms with van der Waals surface area (Å²) in [5, 5.41) is 27.5. The van der Waals surface area contributed by atoms with Gasteiger partial charge in [0.1, 0.15) is 5.76 Å². The van der Waals surface area contributed by atoms with Gasteiger partial charge in [-0.15, -0.1) is 0 Å². The Bertz CT molecular complexity index is 1570. The van der Waals surface area contributed by atoms with E-state index in [0.717, 1.165) is 34.3 Å². The number of carboxylic acid groups (broad SMARTS) is 1.